The summed E-state index contributed by atoms with van der Waals surface area (Å²) in [5, 5.41) is 8.89. The second-order valence-electron chi connectivity index (χ2n) is 7.10. The van der Waals surface area contributed by atoms with Gasteiger partial charge in [-0.2, -0.15) is 0 Å². The van der Waals surface area contributed by atoms with Crippen LogP contribution in [0, 0.1) is 0 Å². The third-order valence-electron chi connectivity index (χ3n) is 5.22. The Morgan fingerprint density at radius 3 is 2.56 bits per heavy atom. The largest absolute Gasteiger partial charge is 0.484 e. The Morgan fingerprint density at radius 1 is 1.11 bits per heavy atom. The minimum atomic E-state index is -0.833. The molecule has 1 N–H and O–H groups in total. The van der Waals surface area contributed by atoms with Gasteiger partial charge in [0.25, 0.3) is 5.91 Å². The SMILES string of the molecule is O=C(O)CCC1CCCCN1C(=O)COc1ccc(N2CCCC2=O)cc1. The number of carbonyl (C=O) groups excluding carboxylic acids is 2. The van der Waals surface area contributed by atoms with Crippen molar-refractivity contribution in [3.63, 3.8) is 0 Å². The summed E-state index contributed by atoms with van der Waals surface area (Å²) in [6.45, 7) is 1.33. The number of carboxylic acid groups (broad SMARTS) is 1. The molecule has 0 aromatic heterocycles. The van der Waals surface area contributed by atoms with Gasteiger partial charge in [-0.05, 0) is 56.4 Å². The van der Waals surface area contributed by atoms with Crippen molar-refractivity contribution in [1.82, 2.24) is 4.90 Å². The molecule has 0 radical (unpaired) electrons. The molecule has 1 unspecified atom stereocenters. The lowest BCUT2D eigenvalue weighted by molar-refractivity contribution is -0.141. The lowest BCUT2D eigenvalue weighted by atomic mass is 9.98. The number of aliphatic carboxylic acids is 1. The van der Waals surface area contributed by atoms with Gasteiger partial charge < -0.3 is 19.6 Å². The van der Waals surface area contributed by atoms with Crippen LogP contribution < -0.4 is 9.64 Å². The van der Waals surface area contributed by atoms with Crippen molar-refractivity contribution >= 4 is 23.5 Å². The molecule has 0 aliphatic carbocycles. The van der Waals surface area contributed by atoms with E-state index in [2.05, 4.69) is 0 Å². The van der Waals surface area contributed by atoms with Gasteiger partial charge >= 0.3 is 5.97 Å². The van der Waals surface area contributed by atoms with Crippen molar-refractivity contribution in [2.24, 2.45) is 0 Å². The number of carbonyl (C=O) groups is 3. The summed E-state index contributed by atoms with van der Waals surface area (Å²) in [6, 6.07) is 7.19. The minimum absolute atomic E-state index is 0.0190. The van der Waals surface area contributed by atoms with E-state index in [4.69, 9.17) is 9.84 Å². The van der Waals surface area contributed by atoms with Crippen LogP contribution in [0.3, 0.4) is 0 Å². The third-order valence-corrected chi connectivity index (χ3v) is 5.22. The van der Waals surface area contributed by atoms with E-state index in [0.29, 0.717) is 25.1 Å². The molecule has 2 amide bonds. The van der Waals surface area contributed by atoms with Crippen molar-refractivity contribution < 1.29 is 24.2 Å². The summed E-state index contributed by atoms with van der Waals surface area (Å²) in [6.07, 6.45) is 4.83. The molecule has 7 nitrogen and oxygen atoms in total. The number of piperidine rings is 1. The Labute approximate surface area is 158 Å². The molecular weight excluding hydrogens is 348 g/mol. The smallest absolute Gasteiger partial charge is 0.303 e. The fraction of sp³-hybridized carbons (Fsp3) is 0.550. The first-order valence-electron chi connectivity index (χ1n) is 9.59. The zero-order valence-corrected chi connectivity index (χ0v) is 15.4. The zero-order valence-electron chi connectivity index (χ0n) is 15.4. The van der Waals surface area contributed by atoms with E-state index < -0.39 is 5.97 Å². The number of hydrogen-bond acceptors (Lipinski definition) is 4. The molecular formula is C20H26N2O5. The molecule has 2 aliphatic rings. The highest BCUT2D eigenvalue weighted by Gasteiger charge is 2.27. The van der Waals surface area contributed by atoms with Gasteiger partial charge in [0.05, 0.1) is 0 Å². The first kappa shape index (κ1) is 19.2. The van der Waals surface area contributed by atoms with E-state index in [9.17, 15) is 14.4 Å². The molecule has 0 saturated carbocycles. The summed E-state index contributed by atoms with van der Waals surface area (Å²) in [4.78, 5) is 38.7. The van der Waals surface area contributed by atoms with E-state index in [1.54, 1.807) is 21.9 Å². The Balaban J connectivity index is 1.53. The van der Waals surface area contributed by atoms with Crippen LogP contribution in [-0.4, -0.2) is 53.5 Å². The molecule has 146 valence electrons. The third kappa shape index (κ3) is 4.99. The number of ether oxygens (including phenoxy) is 1. The molecule has 2 fully saturated rings. The summed E-state index contributed by atoms with van der Waals surface area (Å²) in [5.74, 6) is -0.223. The van der Waals surface area contributed by atoms with E-state index in [1.807, 2.05) is 12.1 Å². The van der Waals surface area contributed by atoms with E-state index in [0.717, 1.165) is 37.9 Å². The highest BCUT2D eigenvalue weighted by atomic mass is 16.5. The molecule has 2 saturated heterocycles. The fourth-order valence-electron chi connectivity index (χ4n) is 3.79. The number of hydrogen-bond donors (Lipinski definition) is 1. The van der Waals surface area contributed by atoms with Crippen LogP contribution >= 0.6 is 0 Å². The van der Waals surface area contributed by atoms with Gasteiger partial charge in [0.15, 0.2) is 6.61 Å². The second kappa shape index (κ2) is 8.88. The molecule has 3 rings (SSSR count). The molecule has 7 heteroatoms. The fourth-order valence-corrected chi connectivity index (χ4v) is 3.79. The van der Waals surface area contributed by atoms with Gasteiger partial charge in [0.2, 0.25) is 5.91 Å². The van der Waals surface area contributed by atoms with Crippen molar-refractivity contribution in [2.75, 3.05) is 24.6 Å². The number of likely N-dealkylation sites (tertiary alicyclic amines) is 1. The standard InChI is InChI=1S/C20H26N2O5/c23-18-5-3-13-21(18)16-6-9-17(10-7-16)27-14-19(24)22-12-2-1-4-15(22)8-11-20(25)26/h6-7,9-10,15H,1-5,8,11-14H2,(H,25,26). The summed E-state index contributed by atoms with van der Waals surface area (Å²) in [5.41, 5.74) is 0.848. The predicted molar refractivity (Wildman–Crippen MR) is 99.7 cm³/mol. The summed E-state index contributed by atoms with van der Waals surface area (Å²) in [7, 11) is 0. The molecule has 27 heavy (non-hydrogen) atoms. The van der Waals surface area contributed by atoms with Gasteiger partial charge in [-0.3, -0.25) is 14.4 Å². The average molecular weight is 374 g/mol. The first-order chi connectivity index (χ1) is 13.0. The Hall–Kier alpha value is -2.57. The number of benzene rings is 1. The molecule has 0 bridgehead atoms. The Bertz CT molecular complexity index is 688. The highest BCUT2D eigenvalue weighted by Crippen LogP contribution is 2.25. The van der Waals surface area contributed by atoms with Crippen molar-refractivity contribution in [3.8, 4) is 5.75 Å². The van der Waals surface area contributed by atoms with Crippen molar-refractivity contribution in [1.29, 1.82) is 0 Å². The van der Waals surface area contributed by atoms with E-state index in [1.165, 1.54) is 0 Å². The Kier molecular flexibility index (Phi) is 6.32. The maximum absolute atomic E-state index is 12.5. The predicted octanol–water partition coefficient (Wildman–Crippen LogP) is 2.44. The van der Waals surface area contributed by atoms with E-state index >= 15 is 0 Å². The Morgan fingerprint density at radius 2 is 1.89 bits per heavy atom. The second-order valence-corrected chi connectivity index (χ2v) is 7.10. The number of amides is 2. The molecule has 0 spiro atoms. The monoisotopic (exact) mass is 374 g/mol. The molecule has 2 aliphatic heterocycles. The van der Waals surface area contributed by atoms with Crippen LogP contribution in [0.1, 0.15) is 44.9 Å². The van der Waals surface area contributed by atoms with Crippen LogP contribution in [0.15, 0.2) is 24.3 Å². The summed E-state index contributed by atoms with van der Waals surface area (Å²) < 4.78 is 5.63. The van der Waals surface area contributed by atoms with Gasteiger partial charge in [0, 0.05) is 37.7 Å². The maximum Gasteiger partial charge on any atom is 0.303 e. The number of nitrogens with zero attached hydrogens (tertiary/aromatic N) is 2. The lowest BCUT2D eigenvalue weighted by Gasteiger charge is -2.35. The summed E-state index contributed by atoms with van der Waals surface area (Å²) >= 11 is 0. The molecule has 1 atom stereocenters. The van der Waals surface area contributed by atoms with Crippen molar-refractivity contribution in [3.05, 3.63) is 24.3 Å². The number of anilines is 1. The number of carboxylic acids is 1. The topological polar surface area (TPSA) is 87.2 Å². The average Bonchev–Trinajstić information content (AvgIpc) is 3.11. The van der Waals surface area contributed by atoms with Gasteiger partial charge in [0.1, 0.15) is 5.75 Å². The highest BCUT2D eigenvalue weighted by molar-refractivity contribution is 5.95. The van der Waals surface area contributed by atoms with Crippen LogP contribution in [0.4, 0.5) is 5.69 Å². The van der Waals surface area contributed by atoms with Crippen molar-refractivity contribution in [2.45, 2.75) is 51.0 Å². The van der Waals surface area contributed by atoms with E-state index in [-0.39, 0.29) is 30.9 Å². The number of rotatable bonds is 7. The quantitative estimate of drug-likeness (QED) is 0.792. The van der Waals surface area contributed by atoms with Crippen LogP contribution in [0.5, 0.6) is 5.75 Å². The molecule has 1 aromatic carbocycles. The van der Waals surface area contributed by atoms with Crippen LogP contribution in [0.25, 0.3) is 0 Å². The zero-order chi connectivity index (χ0) is 19.2. The maximum atomic E-state index is 12.5. The molecule has 1 aromatic rings. The van der Waals surface area contributed by atoms with Gasteiger partial charge in [-0.1, -0.05) is 0 Å². The minimum Gasteiger partial charge on any atom is -0.484 e. The first-order valence-corrected chi connectivity index (χ1v) is 9.59. The molecule has 2 heterocycles. The van der Waals surface area contributed by atoms with Crippen LogP contribution in [0.2, 0.25) is 0 Å². The van der Waals surface area contributed by atoms with Gasteiger partial charge in [-0.15, -0.1) is 0 Å². The lowest BCUT2D eigenvalue weighted by Crippen LogP contribution is -2.46. The van der Waals surface area contributed by atoms with Crippen LogP contribution in [-0.2, 0) is 14.4 Å². The normalized spacial score (nSPS) is 20.0. The van der Waals surface area contributed by atoms with Gasteiger partial charge in [-0.25, -0.2) is 0 Å².